The van der Waals surface area contributed by atoms with E-state index in [1.54, 1.807) is 6.07 Å². The molecule has 0 radical (unpaired) electrons. The fraction of sp³-hybridized carbons (Fsp3) is 0.611. The van der Waals surface area contributed by atoms with Gasteiger partial charge >= 0.3 is 5.97 Å². The summed E-state index contributed by atoms with van der Waals surface area (Å²) in [4.78, 5) is 14.0. The lowest BCUT2D eigenvalue weighted by atomic mass is 9.48. The van der Waals surface area contributed by atoms with E-state index in [0.29, 0.717) is 17.7 Å². The fourth-order valence-corrected chi connectivity index (χ4v) is 5.70. The van der Waals surface area contributed by atoms with E-state index in [4.69, 9.17) is 0 Å². The average Bonchev–Trinajstić information content (AvgIpc) is 2.51. The van der Waals surface area contributed by atoms with Crippen molar-refractivity contribution in [1.82, 2.24) is 4.90 Å². The van der Waals surface area contributed by atoms with Crippen molar-refractivity contribution in [1.29, 1.82) is 0 Å². The van der Waals surface area contributed by atoms with Crippen molar-refractivity contribution in [3.8, 4) is 5.75 Å². The van der Waals surface area contributed by atoms with Gasteiger partial charge in [-0.1, -0.05) is 13.0 Å². The second kappa shape index (κ2) is 4.48. The first-order valence-corrected chi connectivity index (χ1v) is 8.25. The van der Waals surface area contributed by atoms with Crippen LogP contribution in [0.4, 0.5) is 0 Å². The predicted octanol–water partition coefficient (Wildman–Crippen LogP) is 2.39. The number of likely N-dealkylation sites (N-methyl/N-ethyl adjacent to an activating group) is 1. The highest BCUT2D eigenvalue weighted by molar-refractivity contribution is 5.72. The Bertz CT molecular complexity index is 643. The monoisotopic (exact) mass is 301 g/mol. The Kier molecular flexibility index (Phi) is 2.86. The maximum absolute atomic E-state index is 11.6. The Hall–Kier alpha value is -1.55. The van der Waals surface area contributed by atoms with Crippen molar-refractivity contribution in [3.05, 3.63) is 29.3 Å². The van der Waals surface area contributed by atoms with E-state index in [1.165, 1.54) is 11.1 Å². The van der Waals surface area contributed by atoms with Gasteiger partial charge in [-0.25, -0.2) is 0 Å². The number of carboxylic acids is 1. The summed E-state index contributed by atoms with van der Waals surface area (Å²) in [5.41, 5.74) is 2.65. The minimum absolute atomic E-state index is 0.0418. The van der Waals surface area contributed by atoms with Crippen LogP contribution in [0.15, 0.2) is 18.2 Å². The van der Waals surface area contributed by atoms with Gasteiger partial charge in [0.15, 0.2) is 0 Å². The molecule has 5 rings (SSSR count). The number of phenols is 1. The molecule has 2 saturated heterocycles. The smallest absolute Gasteiger partial charge is 0.308 e. The van der Waals surface area contributed by atoms with Crippen LogP contribution in [0.1, 0.15) is 37.3 Å². The molecule has 0 amide bonds. The normalized spacial score (nSPS) is 39.5. The minimum atomic E-state index is -0.651. The SMILES string of the molecule is CC[C@]12CC3C(C(=O)O)CC1C(Cc1ccc(O)cc12)N3C. The number of piperidine rings is 2. The zero-order valence-corrected chi connectivity index (χ0v) is 13.1. The zero-order chi connectivity index (χ0) is 15.6. The van der Waals surface area contributed by atoms with Gasteiger partial charge in [-0.3, -0.25) is 9.69 Å². The minimum Gasteiger partial charge on any atom is -0.508 e. The second-order valence-corrected chi connectivity index (χ2v) is 7.35. The Morgan fingerprint density at radius 3 is 2.86 bits per heavy atom. The van der Waals surface area contributed by atoms with E-state index in [2.05, 4.69) is 24.9 Å². The summed E-state index contributed by atoms with van der Waals surface area (Å²) >= 11 is 0. The molecule has 4 heteroatoms. The number of rotatable bonds is 2. The van der Waals surface area contributed by atoms with Crippen molar-refractivity contribution in [2.45, 2.75) is 50.1 Å². The van der Waals surface area contributed by atoms with Gasteiger partial charge in [0, 0.05) is 17.5 Å². The summed E-state index contributed by atoms with van der Waals surface area (Å²) in [6, 6.07) is 6.32. The number of hydrogen-bond acceptors (Lipinski definition) is 3. The van der Waals surface area contributed by atoms with Gasteiger partial charge in [0.1, 0.15) is 5.75 Å². The van der Waals surface area contributed by atoms with E-state index in [-0.39, 0.29) is 17.4 Å². The number of phenolic OH excluding ortho intramolecular Hbond substituents is 1. The van der Waals surface area contributed by atoms with Crippen molar-refractivity contribution in [2.24, 2.45) is 11.8 Å². The molecule has 4 aliphatic rings. The molecule has 2 aliphatic heterocycles. The summed E-state index contributed by atoms with van der Waals surface area (Å²) in [5, 5.41) is 19.5. The Labute approximate surface area is 130 Å². The summed E-state index contributed by atoms with van der Waals surface area (Å²) in [6.07, 6.45) is 3.66. The van der Waals surface area contributed by atoms with Crippen LogP contribution >= 0.6 is 0 Å². The Morgan fingerprint density at radius 1 is 1.41 bits per heavy atom. The van der Waals surface area contributed by atoms with Gasteiger partial charge < -0.3 is 10.2 Å². The largest absolute Gasteiger partial charge is 0.508 e. The van der Waals surface area contributed by atoms with Crippen LogP contribution in [0.5, 0.6) is 5.75 Å². The number of carboxylic acid groups (broad SMARTS) is 1. The number of aromatic hydroxyl groups is 1. The van der Waals surface area contributed by atoms with Crippen LogP contribution in [0.2, 0.25) is 0 Å². The first-order chi connectivity index (χ1) is 10.5. The quantitative estimate of drug-likeness (QED) is 0.880. The van der Waals surface area contributed by atoms with E-state index in [9.17, 15) is 15.0 Å². The lowest BCUT2D eigenvalue weighted by Gasteiger charge is -2.64. The van der Waals surface area contributed by atoms with Crippen LogP contribution < -0.4 is 0 Å². The van der Waals surface area contributed by atoms with Crippen LogP contribution in [-0.2, 0) is 16.6 Å². The molecule has 4 nitrogen and oxygen atoms in total. The third kappa shape index (κ3) is 1.59. The number of fused-ring (bicyclic) bond motifs is 2. The van der Waals surface area contributed by atoms with Crippen molar-refractivity contribution >= 4 is 5.97 Å². The molecule has 2 heterocycles. The summed E-state index contributed by atoms with van der Waals surface area (Å²) < 4.78 is 0. The Morgan fingerprint density at radius 2 is 2.18 bits per heavy atom. The zero-order valence-electron chi connectivity index (χ0n) is 13.1. The van der Waals surface area contributed by atoms with E-state index in [1.807, 2.05) is 6.07 Å². The first kappa shape index (κ1) is 14.1. The number of carbonyl (C=O) groups is 1. The molecule has 0 aromatic heterocycles. The van der Waals surface area contributed by atoms with Crippen molar-refractivity contribution < 1.29 is 15.0 Å². The van der Waals surface area contributed by atoms with Gasteiger partial charge in [0.2, 0.25) is 0 Å². The molecular formula is C18H23NO3. The standard InChI is InChI=1S/C18H23NO3/c1-3-18-9-16-12(17(21)22)8-14(18)15(19(16)2)6-10-4-5-11(20)7-13(10)18/h4-5,7,12,14-16,20H,3,6,8-9H2,1-2H3,(H,21,22)/t12?,14?,15?,16?,18-/m1/s1. The van der Waals surface area contributed by atoms with Gasteiger partial charge in [-0.2, -0.15) is 0 Å². The number of hydrogen-bond donors (Lipinski definition) is 2. The molecule has 22 heavy (non-hydrogen) atoms. The number of aliphatic carboxylic acids is 1. The molecule has 3 fully saturated rings. The van der Waals surface area contributed by atoms with Gasteiger partial charge in [0.25, 0.3) is 0 Å². The van der Waals surface area contributed by atoms with Crippen molar-refractivity contribution in [3.63, 3.8) is 0 Å². The molecule has 1 aromatic rings. The van der Waals surface area contributed by atoms with Crippen LogP contribution in [0.3, 0.4) is 0 Å². The lowest BCUT2D eigenvalue weighted by molar-refractivity contribution is -0.159. The molecule has 118 valence electrons. The summed E-state index contributed by atoms with van der Waals surface area (Å²) in [5.74, 6) is -0.191. The fourth-order valence-electron chi connectivity index (χ4n) is 5.70. The van der Waals surface area contributed by atoms with Crippen LogP contribution in [-0.4, -0.2) is 40.2 Å². The number of nitrogens with zero attached hydrogens (tertiary/aromatic N) is 1. The highest BCUT2D eigenvalue weighted by Gasteiger charge is 2.61. The topological polar surface area (TPSA) is 60.8 Å². The first-order valence-electron chi connectivity index (χ1n) is 8.25. The maximum Gasteiger partial charge on any atom is 0.308 e. The molecule has 0 spiro atoms. The molecule has 1 aromatic carbocycles. The highest BCUT2D eigenvalue weighted by atomic mass is 16.4. The summed E-state index contributed by atoms with van der Waals surface area (Å²) in [6.45, 7) is 2.21. The average molecular weight is 301 g/mol. The maximum atomic E-state index is 11.6. The third-order valence-electron chi connectivity index (χ3n) is 6.77. The molecular weight excluding hydrogens is 278 g/mol. The third-order valence-corrected chi connectivity index (χ3v) is 6.77. The van der Waals surface area contributed by atoms with Gasteiger partial charge in [-0.05, 0) is 61.9 Å². The molecule has 5 atom stereocenters. The van der Waals surface area contributed by atoms with Crippen molar-refractivity contribution in [2.75, 3.05) is 7.05 Å². The molecule has 4 bridgehead atoms. The van der Waals surface area contributed by atoms with E-state index < -0.39 is 5.97 Å². The number of benzene rings is 1. The van der Waals surface area contributed by atoms with E-state index >= 15 is 0 Å². The van der Waals surface area contributed by atoms with Crippen LogP contribution in [0.25, 0.3) is 0 Å². The summed E-state index contributed by atoms with van der Waals surface area (Å²) in [7, 11) is 2.10. The molecule has 1 saturated carbocycles. The second-order valence-electron chi connectivity index (χ2n) is 7.35. The van der Waals surface area contributed by atoms with Crippen LogP contribution in [0, 0.1) is 11.8 Å². The molecule has 4 unspecified atom stereocenters. The van der Waals surface area contributed by atoms with Gasteiger partial charge in [-0.15, -0.1) is 0 Å². The highest BCUT2D eigenvalue weighted by Crippen LogP contribution is 2.59. The lowest BCUT2D eigenvalue weighted by Crippen LogP contribution is -2.69. The van der Waals surface area contributed by atoms with E-state index in [0.717, 1.165) is 25.7 Å². The predicted molar refractivity (Wildman–Crippen MR) is 83.0 cm³/mol. The Balaban J connectivity index is 1.87. The molecule has 2 aliphatic carbocycles. The van der Waals surface area contributed by atoms with Gasteiger partial charge in [0.05, 0.1) is 5.92 Å². The molecule has 2 N–H and O–H groups in total.